The Morgan fingerprint density at radius 1 is 1.20 bits per heavy atom. The lowest BCUT2D eigenvalue weighted by molar-refractivity contribution is 0.102. The van der Waals surface area contributed by atoms with Crippen LogP contribution in [0.2, 0.25) is 5.02 Å². The van der Waals surface area contributed by atoms with E-state index in [-0.39, 0.29) is 5.91 Å². The Kier molecular flexibility index (Phi) is 4.74. The molecule has 0 bridgehead atoms. The number of rotatable bonds is 5. The number of carbonyl (C=O) groups excluding carboxylic acids is 1. The van der Waals surface area contributed by atoms with Crippen LogP contribution in [-0.2, 0) is 6.42 Å². The summed E-state index contributed by atoms with van der Waals surface area (Å²) in [5.41, 5.74) is 3.72. The van der Waals surface area contributed by atoms with Gasteiger partial charge in [0.1, 0.15) is 10.7 Å². The van der Waals surface area contributed by atoms with Crippen LogP contribution < -0.4 is 5.32 Å². The predicted octanol–water partition coefficient (Wildman–Crippen LogP) is 4.30. The summed E-state index contributed by atoms with van der Waals surface area (Å²) in [6.45, 7) is 0. The standard InChI is InChI=1S/C20H14ClN7OS/c21-18-11(4-5-15-14(18)8-24-27-15)7-17-26-19(28-30-17)12-2-1-3-13(6-12)25-20(29)16-9-22-10-23-16/h1-6,8-10H,7H2,(H,22,23)(H,24,27)(H,25,29). The molecule has 3 heterocycles. The van der Waals surface area contributed by atoms with E-state index in [0.717, 1.165) is 27.0 Å². The third kappa shape index (κ3) is 3.56. The maximum Gasteiger partial charge on any atom is 0.273 e. The summed E-state index contributed by atoms with van der Waals surface area (Å²) in [7, 11) is 0. The molecule has 3 aromatic heterocycles. The number of hydrogen-bond donors (Lipinski definition) is 3. The summed E-state index contributed by atoms with van der Waals surface area (Å²) in [5, 5.41) is 12.2. The van der Waals surface area contributed by atoms with Gasteiger partial charge in [-0.25, -0.2) is 9.97 Å². The molecule has 0 aliphatic heterocycles. The fourth-order valence-electron chi connectivity index (χ4n) is 3.09. The SMILES string of the molecule is O=C(Nc1cccc(-c2nsc(Cc3ccc4[nH]ncc4c3Cl)n2)c1)c1cnc[nH]1. The summed E-state index contributed by atoms with van der Waals surface area (Å²) in [6.07, 6.45) is 5.23. The molecule has 5 aromatic rings. The van der Waals surface area contributed by atoms with Crippen molar-refractivity contribution in [1.29, 1.82) is 0 Å². The molecule has 0 saturated carbocycles. The molecule has 0 aliphatic carbocycles. The second-order valence-electron chi connectivity index (χ2n) is 6.56. The Morgan fingerprint density at radius 3 is 3.00 bits per heavy atom. The average molecular weight is 436 g/mol. The molecule has 10 heteroatoms. The van der Waals surface area contributed by atoms with Gasteiger partial charge in [-0.15, -0.1) is 0 Å². The van der Waals surface area contributed by atoms with Crippen molar-refractivity contribution in [2.75, 3.05) is 5.32 Å². The molecule has 0 saturated heterocycles. The molecule has 148 valence electrons. The van der Waals surface area contributed by atoms with E-state index < -0.39 is 0 Å². The van der Waals surface area contributed by atoms with Gasteiger partial charge in [0, 0.05) is 23.1 Å². The Labute approximate surface area is 179 Å². The molecule has 2 aromatic carbocycles. The number of aromatic nitrogens is 6. The number of amides is 1. The number of H-pyrrole nitrogens is 2. The van der Waals surface area contributed by atoms with Crippen LogP contribution in [0.25, 0.3) is 22.3 Å². The quantitative estimate of drug-likeness (QED) is 0.381. The normalized spacial score (nSPS) is 11.1. The molecule has 1 amide bonds. The number of halogens is 1. The van der Waals surface area contributed by atoms with Crippen LogP contribution >= 0.6 is 23.1 Å². The zero-order valence-corrected chi connectivity index (χ0v) is 17.0. The monoisotopic (exact) mass is 435 g/mol. The highest BCUT2D eigenvalue weighted by Gasteiger charge is 2.13. The third-order valence-electron chi connectivity index (χ3n) is 4.57. The minimum atomic E-state index is -0.263. The van der Waals surface area contributed by atoms with Crippen molar-refractivity contribution in [1.82, 2.24) is 29.5 Å². The lowest BCUT2D eigenvalue weighted by atomic mass is 10.1. The van der Waals surface area contributed by atoms with Gasteiger partial charge in [-0.05, 0) is 35.3 Å². The first-order valence-corrected chi connectivity index (χ1v) is 10.2. The molecule has 5 rings (SSSR count). The zero-order valence-electron chi connectivity index (χ0n) is 15.4. The van der Waals surface area contributed by atoms with E-state index in [1.54, 1.807) is 6.20 Å². The van der Waals surface area contributed by atoms with Gasteiger partial charge in [-0.2, -0.15) is 9.47 Å². The first-order chi connectivity index (χ1) is 14.7. The van der Waals surface area contributed by atoms with Crippen LogP contribution in [0, 0.1) is 0 Å². The molecule has 0 unspecified atom stereocenters. The smallest absolute Gasteiger partial charge is 0.273 e. The van der Waals surface area contributed by atoms with Crippen molar-refractivity contribution >= 4 is 45.6 Å². The van der Waals surface area contributed by atoms with Gasteiger partial charge in [0.05, 0.1) is 29.3 Å². The lowest BCUT2D eigenvalue weighted by Gasteiger charge is -2.05. The maximum absolute atomic E-state index is 12.2. The van der Waals surface area contributed by atoms with Gasteiger partial charge < -0.3 is 10.3 Å². The summed E-state index contributed by atoms with van der Waals surface area (Å²) >= 11 is 7.85. The number of anilines is 1. The van der Waals surface area contributed by atoms with Gasteiger partial charge in [-0.3, -0.25) is 9.89 Å². The third-order valence-corrected chi connectivity index (χ3v) is 5.73. The Hall–Kier alpha value is -3.56. The highest BCUT2D eigenvalue weighted by Crippen LogP contribution is 2.29. The topological polar surface area (TPSA) is 112 Å². The van der Waals surface area contributed by atoms with Crippen LogP contribution in [0.1, 0.15) is 21.1 Å². The van der Waals surface area contributed by atoms with Gasteiger partial charge >= 0.3 is 0 Å². The Bertz CT molecular complexity index is 1340. The lowest BCUT2D eigenvalue weighted by Crippen LogP contribution is -2.12. The Balaban J connectivity index is 1.36. The van der Waals surface area contributed by atoms with Crippen molar-refractivity contribution < 1.29 is 4.79 Å². The van der Waals surface area contributed by atoms with Gasteiger partial charge in [0.2, 0.25) is 0 Å². The van der Waals surface area contributed by atoms with Gasteiger partial charge in [0.25, 0.3) is 5.91 Å². The highest BCUT2D eigenvalue weighted by atomic mass is 35.5. The van der Waals surface area contributed by atoms with Gasteiger partial charge in [0.15, 0.2) is 5.82 Å². The molecule has 0 fully saturated rings. The number of benzene rings is 2. The van der Waals surface area contributed by atoms with Crippen molar-refractivity contribution in [2.24, 2.45) is 0 Å². The molecule has 3 N–H and O–H groups in total. The maximum atomic E-state index is 12.2. The van der Waals surface area contributed by atoms with E-state index in [1.807, 2.05) is 36.4 Å². The first-order valence-electron chi connectivity index (χ1n) is 9.00. The summed E-state index contributed by atoms with van der Waals surface area (Å²) in [5.74, 6) is 0.342. The molecule has 0 radical (unpaired) electrons. The number of aromatic amines is 2. The largest absolute Gasteiger partial charge is 0.341 e. The molecule has 0 aliphatic rings. The fourth-order valence-corrected chi connectivity index (χ4v) is 4.05. The number of imidazole rings is 1. The van der Waals surface area contributed by atoms with Crippen LogP contribution in [0.4, 0.5) is 5.69 Å². The van der Waals surface area contributed by atoms with E-state index in [2.05, 4.69) is 34.8 Å². The van der Waals surface area contributed by atoms with E-state index in [9.17, 15) is 4.79 Å². The number of nitrogens with one attached hydrogen (secondary N) is 3. The average Bonchev–Trinajstić information content (AvgIpc) is 3.52. The molecular weight excluding hydrogens is 422 g/mol. The zero-order chi connectivity index (χ0) is 20.5. The van der Waals surface area contributed by atoms with Crippen molar-refractivity contribution in [3.05, 3.63) is 76.4 Å². The van der Waals surface area contributed by atoms with E-state index in [0.29, 0.717) is 28.6 Å². The number of nitrogens with zero attached hydrogens (tertiary/aromatic N) is 4. The molecule has 30 heavy (non-hydrogen) atoms. The van der Waals surface area contributed by atoms with Crippen LogP contribution in [0.5, 0.6) is 0 Å². The van der Waals surface area contributed by atoms with E-state index in [1.165, 1.54) is 24.1 Å². The molecular formula is C20H14ClN7OS. The summed E-state index contributed by atoms with van der Waals surface area (Å²) in [4.78, 5) is 23.5. The minimum absolute atomic E-state index is 0.263. The summed E-state index contributed by atoms with van der Waals surface area (Å²) < 4.78 is 4.47. The molecule has 0 spiro atoms. The van der Waals surface area contributed by atoms with Crippen molar-refractivity contribution in [3.8, 4) is 11.4 Å². The van der Waals surface area contributed by atoms with Crippen LogP contribution in [0.3, 0.4) is 0 Å². The molecule has 0 atom stereocenters. The van der Waals surface area contributed by atoms with Gasteiger partial charge in [-0.1, -0.05) is 29.8 Å². The fraction of sp³-hybridized carbons (Fsp3) is 0.0500. The predicted molar refractivity (Wildman–Crippen MR) is 116 cm³/mol. The summed E-state index contributed by atoms with van der Waals surface area (Å²) in [6, 6.07) is 11.3. The molecule has 8 nitrogen and oxygen atoms in total. The second kappa shape index (κ2) is 7.69. The number of hydrogen-bond acceptors (Lipinski definition) is 6. The van der Waals surface area contributed by atoms with Crippen molar-refractivity contribution in [2.45, 2.75) is 6.42 Å². The van der Waals surface area contributed by atoms with E-state index >= 15 is 0 Å². The minimum Gasteiger partial charge on any atom is -0.341 e. The Morgan fingerprint density at radius 2 is 2.13 bits per heavy atom. The van der Waals surface area contributed by atoms with E-state index in [4.69, 9.17) is 11.6 Å². The highest BCUT2D eigenvalue weighted by molar-refractivity contribution is 7.05. The number of carbonyl (C=O) groups is 1. The van der Waals surface area contributed by atoms with Crippen molar-refractivity contribution in [3.63, 3.8) is 0 Å². The first kappa shape index (κ1) is 18.5. The van der Waals surface area contributed by atoms with Crippen LogP contribution in [-0.4, -0.2) is 35.4 Å². The number of fused-ring (bicyclic) bond motifs is 1. The van der Waals surface area contributed by atoms with Crippen LogP contribution in [0.15, 0.2) is 55.1 Å². The second-order valence-corrected chi connectivity index (χ2v) is 7.77.